The molecule has 0 aromatic carbocycles. The molecule has 4 rings (SSSR count). The summed E-state index contributed by atoms with van der Waals surface area (Å²) >= 11 is 0. The molecule has 1 saturated heterocycles. The minimum atomic E-state index is -0.185. The standard InChI is InChI=1S/C21H23N5O3/c27-18-5-1-2-10-26(18)14-19(28)25-11-3-4-15(13-25)12-24-21(29)17-7-9-23-20-16(17)6-8-22-20/h1-2,5-10,15H,3-4,11-14H2,(H,22,23)(H,24,29). The number of fused-ring (bicyclic) bond motifs is 1. The molecular formula is C21H23N5O3. The van der Waals surface area contributed by atoms with E-state index in [0.717, 1.165) is 18.2 Å². The summed E-state index contributed by atoms with van der Waals surface area (Å²) in [6, 6.07) is 8.39. The molecule has 0 saturated carbocycles. The molecule has 1 atom stereocenters. The topological polar surface area (TPSA) is 100 Å². The summed E-state index contributed by atoms with van der Waals surface area (Å²) < 4.78 is 1.42. The minimum absolute atomic E-state index is 0.0429. The van der Waals surface area contributed by atoms with Crippen LogP contribution < -0.4 is 10.9 Å². The summed E-state index contributed by atoms with van der Waals surface area (Å²) in [6.45, 7) is 1.80. The molecule has 0 bridgehead atoms. The third kappa shape index (κ3) is 4.21. The number of hydrogen-bond donors (Lipinski definition) is 2. The van der Waals surface area contributed by atoms with Crippen molar-refractivity contribution in [1.29, 1.82) is 0 Å². The van der Waals surface area contributed by atoms with Crippen molar-refractivity contribution >= 4 is 22.8 Å². The van der Waals surface area contributed by atoms with Gasteiger partial charge in [-0.3, -0.25) is 14.4 Å². The Kier molecular flexibility index (Phi) is 5.41. The average molecular weight is 393 g/mol. The average Bonchev–Trinajstić information content (AvgIpc) is 3.23. The van der Waals surface area contributed by atoms with Crippen molar-refractivity contribution in [3.05, 3.63) is 64.8 Å². The van der Waals surface area contributed by atoms with Gasteiger partial charge in [0.15, 0.2) is 0 Å². The van der Waals surface area contributed by atoms with Crippen molar-refractivity contribution in [2.45, 2.75) is 19.4 Å². The SMILES string of the molecule is O=C(NCC1CCCN(C(=O)Cn2ccccc2=O)C1)c1ccnc2[nH]ccc12. The molecule has 8 nitrogen and oxygen atoms in total. The zero-order valence-electron chi connectivity index (χ0n) is 16.0. The summed E-state index contributed by atoms with van der Waals surface area (Å²) in [4.78, 5) is 46.0. The van der Waals surface area contributed by atoms with Crippen molar-refractivity contribution in [2.75, 3.05) is 19.6 Å². The lowest BCUT2D eigenvalue weighted by molar-refractivity contribution is -0.133. The molecule has 150 valence electrons. The highest BCUT2D eigenvalue weighted by atomic mass is 16.2. The number of likely N-dealkylation sites (tertiary alicyclic amines) is 1. The lowest BCUT2D eigenvalue weighted by atomic mass is 9.97. The predicted molar refractivity (Wildman–Crippen MR) is 108 cm³/mol. The Balaban J connectivity index is 1.34. The molecule has 0 aliphatic carbocycles. The van der Waals surface area contributed by atoms with E-state index in [1.165, 1.54) is 10.6 Å². The normalized spacial score (nSPS) is 16.7. The van der Waals surface area contributed by atoms with Gasteiger partial charge in [0.05, 0.1) is 5.56 Å². The van der Waals surface area contributed by atoms with Gasteiger partial charge in [0, 0.05) is 49.7 Å². The zero-order valence-corrected chi connectivity index (χ0v) is 16.0. The van der Waals surface area contributed by atoms with E-state index < -0.39 is 0 Å². The summed E-state index contributed by atoms with van der Waals surface area (Å²) in [7, 11) is 0. The molecule has 4 heterocycles. The molecular weight excluding hydrogens is 370 g/mol. The Morgan fingerprint density at radius 2 is 2.14 bits per heavy atom. The number of pyridine rings is 2. The van der Waals surface area contributed by atoms with Crippen LogP contribution in [0, 0.1) is 5.92 Å². The molecule has 3 aromatic heterocycles. The van der Waals surface area contributed by atoms with Gasteiger partial charge in [0.1, 0.15) is 12.2 Å². The number of carbonyl (C=O) groups is 2. The molecule has 1 aliphatic rings. The largest absolute Gasteiger partial charge is 0.352 e. The Hall–Kier alpha value is -3.42. The number of carbonyl (C=O) groups excluding carboxylic acids is 2. The van der Waals surface area contributed by atoms with E-state index in [2.05, 4.69) is 15.3 Å². The molecule has 0 spiro atoms. The van der Waals surface area contributed by atoms with Crippen LogP contribution in [-0.2, 0) is 11.3 Å². The van der Waals surface area contributed by atoms with Crippen LogP contribution >= 0.6 is 0 Å². The number of nitrogens with zero attached hydrogens (tertiary/aromatic N) is 3. The third-order valence-corrected chi connectivity index (χ3v) is 5.33. The van der Waals surface area contributed by atoms with E-state index >= 15 is 0 Å². The first-order valence-corrected chi connectivity index (χ1v) is 9.75. The second-order valence-electron chi connectivity index (χ2n) is 7.32. The van der Waals surface area contributed by atoms with Crippen LogP contribution in [0.15, 0.2) is 53.7 Å². The van der Waals surface area contributed by atoms with Crippen LogP contribution in [0.25, 0.3) is 11.0 Å². The van der Waals surface area contributed by atoms with Crippen molar-refractivity contribution in [3.8, 4) is 0 Å². The fourth-order valence-corrected chi connectivity index (χ4v) is 3.79. The maximum Gasteiger partial charge on any atom is 0.252 e. The van der Waals surface area contributed by atoms with Gasteiger partial charge in [0.25, 0.3) is 11.5 Å². The van der Waals surface area contributed by atoms with Crippen molar-refractivity contribution in [3.63, 3.8) is 0 Å². The van der Waals surface area contributed by atoms with Crippen LogP contribution in [-0.4, -0.2) is 50.9 Å². The van der Waals surface area contributed by atoms with Crippen LogP contribution in [0.1, 0.15) is 23.2 Å². The summed E-state index contributed by atoms with van der Waals surface area (Å²) in [5.74, 6) is -0.0264. The smallest absolute Gasteiger partial charge is 0.252 e. The van der Waals surface area contributed by atoms with Crippen molar-refractivity contribution in [1.82, 2.24) is 24.8 Å². The van der Waals surface area contributed by atoms with E-state index in [4.69, 9.17) is 0 Å². The van der Waals surface area contributed by atoms with Crippen LogP contribution in [0.4, 0.5) is 0 Å². The highest BCUT2D eigenvalue weighted by Gasteiger charge is 2.24. The fraction of sp³-hybridized carbons (Fsp3) is 0.333. The molecule has 2 amide bonds. The van der Waals surface area contributed by atoms with Gasteiger partial charge in [-0.15, -0.1) is 0 Å². The second kappa shape index (κ2) is 8.30. The number of amides is 2. The van der Waals surface area contributed by atoms with Crippen LogP contribution in [0.5, 0.6) is 0 Å². The molecule has 1 unspecified atom stereocenters. The lowest BCUT2D eigenvalue weighted by Gasteiger charge is -2.33. The Labute approximate surface area is 167 Å². The van der Waals surface area contributed by atoms with Gasteiger partial charge in [0.2, 0.25) is 5.91 Å². The molecule has 8 heteroatoms. The van der Waals surface area contributed by atoms with E-state index in [0.29, 0.717) is 30.8 Å². The minimum Gasteiger partial charge on any atom is -0.352 e. The Bertz CT molecular complexity index is 1090. The maximum atomic E-state index is 12.6. The molecule has 0 radical (unpaired) electrons. The van der Waals surface area contributed by atoms with E-state index in [1.807, 2.05) is 6.07 Å². The van der Waals surface area contributed by atoms with Gasteiger partial charge in [-0.1, -0.05) is 6.07 Å². The number of aromatic nitrogens is 3. The number of rotatable bonds is 5. The summed E-state index contributed by atoms with van der Waals surface area (Å²) in [5, 5.41) is 3.79. The molecule has 2 N–H and O–H groups in total. The fourth-order valence-electron chi connectivity index (χ4n) is 3.79. The van der Waals surface area contributed by atoms with Crippen molar-refractivity contribution in [2.24, 2.45) is 5.92 Å². The Morgan fingerprint density at radius 1 is 1.24 bits per heavy atom. The lowest BCUT2D eigenvalue weighted by Crippen LogP contribution is -2.45. The number of hydrogen-bond acceptors (Lipinski definition) is 4. The first-order chi connectivity index (χ1) is 14.1. The van der Waals surface area contributed by atoms with Crippen LogP contribution in [0.3, 0.4) is 0 Å². The van der Waals surface area contributed by atoms with Crippen LogP contribution in [0.2, 0.25) is 0 Å². The number of nitrogens with one attached hydrogen (secondary N) is 2. The predicted octanol–water partition coefficient (Wildman–Crippen LogP) is 1.39. The van der Waals surface area contributed by atoms with E-state index in [-0.39, 0.29) is 29.8 Å². The van der Waals surface area contributed by atoms with E-state index in [9.17, 15) is 14.4 Å². The van der Waals surface area contributed by atoms with Crippen molar-refractivity contribution < 1.29 is 9.59 Å². The summed E-state index contributed by atoms with van der Waals surface area (Å²) in [6.07, 6.45) is 6.83. The van der Waals surface area contributed by atoms with Gasteiger partial charge >= 0.3 is 0 Å². The highest BCUT2D eigenvalue weighted by Crippen LogP contribution is 2.18. The third-order valence-electron chi connectivity index (χ3n) is 5.33. The van der Waals surface area contributed by atoms with Gasteiger partial charge < -0.3 is 19.8 Å². The molecule has 1 aliphatic heterocycles. The molecule has 29 heavy (non-hydrogen) atoms. The number of aromatic amines is 1. The Morgan fingerprint density at radius 3 is 3.00 bits per heavy atom. The van der Waals surface area contributed by atoms with Gasteiger partial charge in [-0.05, 0) is 37.0 Å². The maximum absolute atomic E-state index is 12.6. The monoisotopic (exact) mass is 393 g/mol. The zero-order chi connectivity index (χ0) is 20.2. The first kappa shape index (κ1) is 18.9. The highest BCUT2D eigenvalue weighted by molar-refractivity contribution is 6.05. The number of piperidine rings is 1. The van der Waals surface area contributed by atoms with Gasteiger partial charge in [-0.2, -0.15) is 0 Å². The first-order valence-electron chi connectivity index (χ1n) is 9.75. The molecule has 1 fully saturated rings. The second-order valence-corrected chi connectivity index (χ2v) is 7.32. The summed E-state index contributed by atoms with van der Waals surface area (Å²) in [5.41, 5.74) is 1.08. The van der Waals surface area contributed by atoms with E-state index in [1.54, 1.807) is 41.7 Å². The van der Waals surface area contributed by atoms with Gasteiger partial charge in [-0.25, -0.2) is 4.98 Å². The molecule has 3 aromatic rings. The number of H-pyrrole nitrogens is 1. The quantitative estimate of drug-likeness (QED) is 0.684.